The van der Waals surface area contributed by atoms with Gasteiger partial charge in [0.05, 0.1) is 4.90 Å². The number of Topliss-reactive ketones (excluding diaryl/α,β-unsaturated/α-hetero) is 2. The van der Waals surface area contributed by atoms with Gasteiger partial charge < -0.3 is 10.2 Å². The van der Waals surface area contributed by atoms with Gasteiger partial charge in [-0.05, 0) is 37.1 Å². The Hall–Kier alpha value is -4.73. The molecule has 2 unspecified atom stereocenters. The highest BCUT2D eigenvalue weighted by atomic mass is 32.2. The minimum absolute atomic E-state index is 0.0666. The van der Waals surface area contributed by atoms with Crippen LogP contribution in [0.15, 0.2) is 150 Å². The van der Waals surface area contributed by atoms with Crippen molar-refractivity contribution in [2.75, 3.05) is 0 Å². The predicted octanol–water partition coefficient (Wildman–Crippen LogP) is 6.62. The molecule has 0 saturated heterocycles. The lowest BCUT2D eigenvalue weighted by Crippen LogP contribution is -2.32. The van der Waals surface area contributed by atoms with Crippen LogP contribution in [0, 0.1) is 6.92 Å². The van der Waals surface area contributed by atoms with E-state index in [9.17, 15) is 28.2 Å². The molecule has 0 aromatic heterocycles. The summed E-state index contributed by atoms with van der Waals surface area (Å²) >= 11 is 0. The van der Waals surface area contributed by atoms with Crippen molar-refractivity contribution in [3.8, 4) is 0 Å². The van der Waals surface area contributed by atoms with Crippen molar-refractivity contribution in [3.05, 3.63) is 173 Å². The molecule has 0 radical (unpaired) electrons. The molecule has 0 amide bonds. The Morgan fingerprint density at radius 1 is 0.636 bits per heavy atom. The van der Waals surface area contributed by atoms with Gasteiger partial charge in [0.2, 0.25) is 0 Å². The van der Waals surface area contributed by atoms with Crippen LogP contribution >= 0.6 is 0 Å². The van der Waals surface area contributed by atoms with Crippen LogP contribution in [0.5, 0.6) is 0 Å². The van der Waals surface area contributed by atoms with Crippen molar-refractivity contribution in [2.45, 2.75) is 30.4 Å². The zero-order valence-electron chi connectivity index (χ0n) is 24.3. The fourth-order valence-electron chi connectivity index (χ4n) is 4.02. The predicted molar refractivity (Wildman–Crippen MR) is 170 cm³/mol. The van der Waals surface area contributed by atoms with E-state index >= 15 is 0 Å². The van der Waals surface area contributed by atoms with Gasteiger partial charge in [0.15, 0.2) is 11.6 Å². The largest absolute Gasteiger partial charge is 0.380 e. The summed E-state index contributed by atoms with van der Waals surface area (Å²) in [4.78, 5) is 24.0. The zero-order chi connectivity index (χ0) is 32.2. The molecule has 0 aliphatic carbocycles. The van der Waals surface area contributed by atoms with Crippen LogP contribution in [0.2, 0.25) is 0 Å². The minimum Gasteiger partial charge on any atom is -0.380 e. The normalized spacial score (nSPS) is 12.7. The summed E-state index contributed by atoms with van der Waals surface area (Å²) in [6.45, 7) is 3.37. The Bertz CT molecular complexity index is 1720. The molecule has 226 valence electrons. The first-order valence-corrected chi connectivity index (χ1v) is 15.1. The Labute approximate surface area is 257 Å². The summed E-state index contributed by atoms with van der Waals surface area (Å²) in [5, 5.41) is 20.3. The van der Waals surface area contributed by atoms with Gasteiger partial charge in [0.25, 0.3) is 10.1 Å². The highest BCUT2D eigenvalue weighted by Gasteiger charge is 2.32. The highest BCUT2D eigenvalue weighted by molar-refractivity contribution is 7.85. The summed E-state index contributed by atoms with van der Waals surface area (Å²) in [5.41, 5.74) is 1.74. The highest BCUT2D eigenvalue weighted by Crippen LogP contribution is 2.25. The molecule has 8 heteroatoms. The number of rotatable bonds is 7. The number of aryl methyl sites for hydroxylation is 1. The summed E-state index contributed by atoms with van der Waals surface area (Å²) in [6, 6.07) is 41.5. The number of carbonyl (C=O) groups excluding carboxylic acids is 2. The lowest BCUT2D eigenvalue weighted by atomic mass is 9.88. The molecule has 0 aliphatic heterocycles. The molecule has 0 saturated carbocycles. The van der Waals surface area contributed by atoms with E-state index in [2.05, 4.69) is 0 Å². The van der Waals surface area contributed by atoms with Crippen LogP contribution in [0.3, 0.4) is 0 Å². The molecule has 0 heterocycles. The van der Waals surface area contributed by atoms with E-state index < -0.39 is 21.8 Å². The number of ketones is 2. The lowest BCUT2D eigenvalue weighted by Gasteiger charge is -2.22. The van der Waals surface area contributed by atoms with Crippen molar-refractivity contribution in [1.82, 2.24) is 0 Å². The zero-order valence-corrected chi connectivity index (χ0v) is 25.1. The number of aliphatic hydroxyl groups is 2. The second-order valence-electron chi connectivity index (χ2n) is 9.97. The van der Waals surface area contributed by atoms with E-state index in [1.165, 1.54) is 19.1 Å². The molecule has 5 rings (SSSR count). The molecular weight excluding hydrogens is 576 g/mol. The van der Waals surface area contributed by atoms with Crippen LogP contribution < -0.4 is 0 Å². The van der Waals surface area contributed by atoms with Crippen LogP contribution in [-0.4, -0.2) is 34.8 Å². The SMILES string of the molecule is CC(O)(C(=O)c1ccccc1)c1ccccc1.Cc1ccc(S(=O)(=O)O)cc1.O=C(c1ccccc1)C(O)c1ccccc1. The van der Waals surface area contributed by atoms with Crippen LogP contribution in [0.1, 0.15) is 50.4 Å². The van der Waals surface area contributed by atoms with Gasteiger partial charge in [-0.3, -0.25) is 14.1 Å². The van der Waals surface area contributed by atoms with Gasteiger partial charge in [-0.1, -0.05) is 139 Å². The average molecular weight is 611 g/mol. The second-order valence-corrected chi connectivity index (χ2v) is 11.4. The quantitative estimate of drug-likeness (QED) is 0.139. The van der Waals surface area contributed by atoms with E-state index in [0.717, 1.165) is 5.56 Å². The van der Waals surface area contributed by atoms with Gasteiger partial charge in [0, 0.05) is 11.1 Å². The van der Waals surface area contributed by atoms with Crippen molar-refractivity contribution in [2.24, 2.45) is 0 Å². The Kier molecular flexibility index (Phi) is 12.0. The van der Waals surface area contributed by atoms with Crippen molar-refractivity contribution < 1.29 is 32.8 Å². The molecule has 0 fully saturated rings. The Morgan fingerprint density at radius 2 is 1.05 bits per heavy atom. The maximum atomic E-state index is 12.2. The van der Waals surface area contributed by atoms with E-state index in [0.29, 0.717) is 22.3 Å². The van der Waals surface area contributed by atoms with Gasteiger partial charge in [-0.25, -0.2) is 0 Å². The third-order valence-corrected chi connectivity index (χ3v) is 7.42. The Balaban J connectivity index is 0.000000185. The number of benzene rings is 5. The summed E-state index contributed by atoms with van der Waals surface area (Å²) < 4.78 is 29.6. The van der Waals surface area contributed by atoms with Crippen LogP contribution in [0.4, 0.5) is 0 Å². The average Bonchev–Trinajstić information content (AvgIpc) is 3.05. The summed E-state index contributed by atoms with van der Waals surface area (Å²) in [6.07, 6.45) is -1.08. The fraction of sp³-hybridized carbons (Fsp3) is 0.111. The molecule has 7 nitrogen and oxygen atoms in total. The molecule has 0 aliphatic rings. The fourth-order valence-corrected chi connectivity index (χ4v) is 4.50. The molecule has 5 aromatic carbocycles. The molecule has 0 bridgehead atoms. The Morgan fingerprint density at radius 3 is 1.50 bits per heavy atom. The maximum absolute atomic E-state index is 12.2. The van der Waals surface area contributed by atoms with Crippen molar-refractivity contribution >= 4 is 21.7 Å². The summed E-state index contributed by atoms with van der Waals surface area (Å²) in [7, 11) is -4.02. The monoisotopic (exact) mass is 610 g/mol. The van der Waals surface area contributed by atoms with Gasteiger partial charge in [-0.2, -0.15) is 8.42 Å². The van der Waals surface area contributed by atoms with Gasteiger partial charge >= 0.3 is 0 Å². The second kappa shape index (κ2) is 15.7. The van der Waals surface area contributed by atoms with Crippen molar-refractivity contribution in [1.29, 1.82) is 0 Å². The smallest absolute Gasteiger partial charge is 0.294 e. The van der Waals surface area contributed by atoms with Gasteiger partial charge in [0.1, 0.15) is 11.7 Å². The maximum Gasteiger partial charge on any atom is 0.294 e. The number of carbonyl (C=O) groups is 2. The van der Waals surface area contributed by atoms with Crippen LogP contribution in [0.25, 0.3) is 0 Å². The summed E-state index contributed by atoms with van der Waals surface area (Å²) in [5.74, 6) is -0.559. The topological polar surface area (TPSA) is 129 Å². The lowest BCUT2D eigenvalue weighted by molar-refractivity contribution is 0.0392. The first kappa shape index (κ1) is 33.8. The number of hydrogen-bond donors (Lipinski definition) is 3. The van der Waals surface area contributed by atoms with E-state index in [1.807, 2.05) is 43.3 Å². The first-order chi connectivity index (χ1) is 20.9. The standard InChI is InChI=1S/C15H14O2.C14H12O2.C7H8O3S/c1-15(17,13-10-6-3-7-11-13)14(16)12-8-4-2-5-9-12;15-13(11-7-3-1-4-8-11)14(16)12-9-5-2-6-10-12;1-6-2-4-7(5-3-6)11(8,9)10/h2-11,17H,1H3;1-10,13,15H;2-5H,1H3,(H,8,9,10). The third-order valence-electron chi connectivity index (χ3n) is 6.55. The molecule has 44 heavy (non-hydrogen) atoms. The van der Waals surface area contributed by atoms with Crippen molar-refractivity contribution in [3.63, 3.8) is 0 Å². The van der Waals surface area contributed by atoms with Gasteiger partial charge in [-0.15, -0.1) is 0 Å². The van der Waals surface area contributed by atoms with E-state index in [1.54, 1.807) is 97.1 Å². The first-order valence-electron chi connectivity index (χ1n) is 13.7. The minimum atomic E-state index is -4.02. The van der Waals surface area contributed by atoms with Crippen LogP contribution in [-0.2, 0) is 15.7 Å². The molecule has 0 spiro atoms. The van der Waals surface area contributed by atoms with E-state index in [4.69, 9.17) is 4.55 Å². The number of hydrogen-bond acceptors (Lipinski definition) is 6. The molecular formula is C36H34O7S. The third kappa shape index (κ3) is 9.65. The van der Waals surface area contributed by atoms with E-state index in [-0.39, 0.29) is 16.5 Å². The molecule has 5 aromatic rings. The molecule has 3 N–H and O–H groups in total. The number of aliphatic hydroxyl groups excluding tert-OH is 1. The molecule has 2 atom stereocenters.